The lowest BCUT2D eigenvalue weighted by Gasteiger charge is -1.98. The second-order valence-electron chi connectivity index (χ2n) is 2.17. The highest BCUT2D eigenvalue weighted by molar-refractivity contribution is 7.65. The van der Waals surface area contributed by atoms with Gasteiger partial charge in [-0.2, -0.15) is 0 Å². The van der Waals surface area contributed by atoms with E-state index < -0.39 is 7.14 Å². The van der Waals surface area contributed by atoms with Gasteiger partial charge in [0.05, 0.1) is 13.3 Å². The fraction of sp³-hybridized carbons (Fsp3) is 0.600. The predicted octanol–water partition coefficient (Wildman–Crippen LogP) is 1.36. The van der Waals surface area contributed by atoms with Crippen molar-refractivity contribution >= 4 is 12.9 Å². The van der Waals surface area contributed by atoms with Gasteiger partial charge in [0.25, 0.3) is 0 Å². The van der Waals surface area contributed by atoms with Crippen molar-refractivity contribution in [2.45, 2.75) is 6.92 Å². The number of hydrogen-bond donors (Lipinski definition) is 0. The molecule has 47 valence electrons. The van der Waals surface area contributed by atoms with Gasteiger partial charge < -0.3 is 4.57 Å². The average molecular weight is 133 g/mol. The van der Waals surface area contributed by atoms with E-state index in [2.05, 4.69) is 0 Å². The molecule has 3 heteroatoms. The van der Waals surface area contributed by atoms with E-state index in [9.17, 15) is 9.36 Å². The molecule has 0 unspecified atom stereocenters. The number of hydrogen-bond acceptors (Lipinski definition) is 2. The molecule has 0 rings (SSSR count). The first-order valence-corrected chi connectivity index (χ1v) is 5.00. The van der Waals surface area contributed by atoms with E-state index in [0.717, 1.165) is 0 Å². The predicted molar refractivity (Wildman–Crippen MR) is 34.4 cm³/mol. The van der Waals surface area contributed by atoms with Crippen LogP contribution in [0.5, 0.6) is 0 Å². The van der Waals surface area contributed by atoms with Gasteiger partial charge in [-0.1, -0.05) is 0 Å². The minimum absolute atomic E-state index is 0.113. The Kier molecular flexibility index (Phi) is 2.42. The van der Waals surface area contributed by atoms with Crippen LogP contribution in [0.1, 0.15) is 6.92 Å². The Morgan fingerprint density at radius 2 is 1.88 bits per heavy atom. The van der Waals surface area contributed by atoms with E-state index in [1.807, 2.05) is 0 Å². The van der Waals surface area contributed by atoms with Crippen LogP contribution in [0, 0.1) is 6.16 Å². The third kappa shape index (κ3) is 5.90. The van der Waals surface area contributed by atoms with E-state index in [4.69, 9.17) is 0 Å². The van der Waals surface area contributed by atoms with E-state index in [1.165, 1.54) is 13.1 Å². The Hall–Kier alpha value is -0.100. The number of Topliss-reactive ketones (excluding diaryl/α,β-unsaturated/α-hetero) is 1. The van der Waals surface area contributed by atoms with Gasteiger partial charge in [0.1, 0.15) is 5.78 Å². The van der Waals surface area contributed by atoms with Crippen LogP contribution in [0.15, 0.2) is 0 Å². The van der Waals surface area contributed by atoms with Gasteiger partial charge in [0.15, 0.2) is 0 Å². The molecular formula is C5H10O2P. The molecule has 0 aliphatic heterocycles. The fourth-order valence-electron chi connectivity index (χ4n) is 0.438. The summed E-state index contributed by atoms with van der Waals surface area (Å²) in [4.78, 5) is 10.2. The van der Waals surface area contributed by atoms with Gasteiger partial charge in [0.2, 0.25) is 0 Å². The highest BCUT2D eigenvalue weighted by Gasteiger charge is 2.09. The molecule has 0 amide bonds. The molecule has 0 saturated carbocycles. The maximum absolute atomic E-state index is 10.7. The van der Waals surface area contributed by atoms with E-state index in [1.54, 1.807) is 13.3 Å². The first-order valence-electron chi connectivity index (χ1n) is 2.33. The van der Waals surface area contributed by atoms with Crippen LogP contribution in [0.4, 0.5) is 0 Å². The van der Waals surface area contributed by atoms with Crippen LogP contribution >= 0.6 is 7.14 Å². The highest BCUT2D eigenvalue weighted by atomic mass is 31.2. The normalized spacial score (nSPS) is 11.4. The first kappa shape index (κ1) is 7.90. The summed E-state index contributed by atoms with van der Waals surface area (Å²) in [6.07, 6.45) is 1.27. The summed E-state index contributed by atoms with van der Waals surface area (Å²) in [6, 6.07) is 0. The zero-order chi connectivity index (χ0) is 6.78. The van der Waals surface area contributed by atoms with Gasteiger partial charge >= 0.3 is 0 Å². The third-order valence-corrected chi connectivity index (χ3v) is 1.48. The molecule has 0 N–H and O–H groups in total. The van der Waals surface area contributed by atoms with Crippen molar-refractivity contribution < 1.29 is 9.36 Å². The zero-order valence-corrected chi connectivity index (χ0v) is 6.24. The zero-order valence-electron chi connectivity index (χ0n) is 5.34. The number of ketones is 1. The molecule has 0 heterocycles. The molecule has 0 spiro atoms. The molecule has 0 aromatic rings. The van der Waals surface area contributed by atoms with Gasteiger partial charge in [-0.25, -0.2) is 0 Å². The second kappa shape index (κ2) is 2.45. The van der Waals surface area contributed by atoms with Gasteiger partial charge in [-0.05, 0) is 20.3 Å². The summed E-state index contributed by atoms with van der Waals surface area (Å²) >= 11 is 0. The molecule has 0 bridgehead atoms. The summed E-state index contributed by atoms with van der Waals surface area (Å²) in [5.41, 5.74) is 0. The van der Waals surface area contributed by atoms with Crippen molar-refractivity contribution in [3.63, 3.8) is 0 Å². The average Bonchev–Trinajstić information content (AvgIpc) is 1.21. The SMILES string of the molecule is CC(=O)[CH]P(C)(C)=O. The Labute approximate surface area is 49.7 Å². The van der Waals surface area contributed by atoms with Crippen LogP contribution in [0.2, 0.25) is 0 Å². The monoisotopic (exact) mass is 133 g/mol. The quantitative estimate of drug-likeness (QED) is 0.533. The lowest BCUT2D eigenvalue weighted by Crippen LogP contribution is -1.89. The lowest BCUT2D eigenvalue weighted by atomic mass is 10.5. The molecule has 0 saturated heterocycles. The molecule has 0 aromatic carbocycles. The largest absolute Gasteiger partial charge is 0.323 e. The molecule has 0 aliphatic carbocycles. The van der Waals surface area contributed by atoms with Crippen LogP contribution in [-0.2, 0) is 9.36 Å². The molecule has 8 heavy (non-hydrogen) atoms. The second-order valence-corrected chi connectivity index (χ2v) is 5.30. The molecule has 0 atom stereocenters. The fourth-order valence-corrected chi connectivity index (χ4v) is 1.31. The van der Waals surface area contributed by atoms with E-state index >= 15 is 0 Å². The Morgan fingerprint density at radius 1 is 1.50 bits per heavy atom. The van der Waals surface area contributed by atoms with Crippen molar-refractivity contribution in [1.82, 2.24) is 0 Å². The maximum atomic E-state index is 10.7. The maximum Gasteiger partial charge on any atom is 0.141 e. The number of carbonyl (C=O) groups is 1. The Balaban J connectivity index is 3.74. The van der Waals surface area contributed by atoms with Crippen LogP contribution in [0.25, 0.3) is 0 Å². The number of carbonyl (C=O) groups excluding carboxylic acids is 1. The molecule has 2 nitrogen and oxygen atoms in total. The van der Waals surface area contributed by atoms with Crippen LogP contribution in [-0.4, -0.2) is 19.1 Å². The van der Waals surface area contributed by atoms with Crippen molar-refractivity contribution in [1.29, 1.82) is 0 Å². The van der Waals surface area contributed by atoms with Crippen molar-refractivity contribution in [2.24, 2.45) is 0 Å². The summed E-state index contributed by atoms with van der Waals surface area (Å²) in [7, 11) is -2.20. The van der Waals surface area contributed by atoms with E-state index in [0.29, 0.717) is 0 Å². The van der Waals surface area contributed by atoms with Gasteiger partial charge in [0, 0.05) is 0 Å². The third-order valence-electron chi connectivity index (χ3n) is 0.493. The van der Waals surface area contributed by atoms with Gasteiger partial charge in [-0.3, -0.25) is 4.79 Å². The molecule has 1 radical (unpaired) electrons. The Bertz CT molecular complexity index is 133. The standard InChI is InChI=1S/C5H10O2P/c1-5(6)4-8(2,3)7/h4H,1-3H3. The first-order chi connectivity index (χ1) is 3.42. The van der Waals surface area contributed by atoms with Crippen LogP contribution < -0.4 is 0 Å². The van der Waals surface area contributed by atoms with E-state index in [-0.39, 0.29) is 5.78 Å². The minimum atomic E-state index is -2.20. The summed E-state index contributed by atoms with van der Waals surface area (Å²) in [5, 5.41) is 0. The van der Waals surface area contributed by atoms with Crippen molar-refractivity contribution in [3.05, 3.63) is 6.16 Å². The molecule has 0 aromatic heterocycles. The smallest absolute Gasteiger partial charge is 0.141 e. The molecular weight excluding hydrogens is 123 g/mol. The summed E-state index contributed by atoms with van der Waals surface area (Å²) < 4.78 is 10.7. The molecule has 0 aliphatic rings. The minimum Gasteiger partial charge on any atom is -0.323 e. The highest BCUT2D eigenvalue weighted by Crippen LogP contribution is 2.39. The summed E-state index contributed by atoms with van der Waals surface area (Å²) in [6.45, 7) is 4.53. The van der Waals surface area contributed by atoms with Crippen molar-refractivity contribution in [2.75, 3.05) is 13.3 Å². The Morgan fingerprint density at radius 3 is 1.88 bits per heavy atom. The van der Waals surface area contributed by atoms with Crippen LogP contribution in [0.3, 0.4) is 0 Å². The topological polar surface area (TPSA) is 34.1 Å². The number of rotatable bonds is 2. The lowest BCUT2D eigenvalue weighted by molar-refractivity contribution is -0.113. The van der Waals surface area contributed by atoms with Gasteiger partial charge in [-0.15, -0.1) is 0 Å². The molecule has 0 fully saturated rings. The summed E-state index contributed by atoms with van der Waals surface area (Å²) in [5.74, 6) is -0.113. The van der Waals surface area contributed by atoms with Crippen molar-refractivity contribution in [3.8, 4) is 0 Å².